The maximum atomic E-state index is 11.8. The van der Waals surface area contributed by atoms with Crippen molar-refractivity contribution < 1.29 is 9.69 Å². The van der Waals surface area contributed by atoms with Crippen LogP contribution in [0.15, 0.2) is 29.6 Å². The predicted molar refractivity (Wildman–Crippen MR) is 91.3 cm³/mol. The molecule has 2 N–H and O–H groups in total. The summed E-state index contributed by atoms with van der Waals surface area (Å²) in [6.45, 7) is 5.08. The van der Waals surface area contributed by atoms with Crippen LogP contribution in [0.1, 0.15) is 19.5 Å². The van der Waals surface area contributed by atoms with Crippen molar-refractivity contribution in [1.29, 1.82) is 0 Å². The van der Waals surface area contributed by atoms with E-state index in [1.54, 1.807) is 11.3 Å². The van der Waals surface area contributed by atoms with Crippen LogP contribution in [0.5, 0.6) is 0 Å². The molecule has 2 rings (SSSR count). The SMILES string of the molecule is CC(C)NC(=O)C[NH+](C)Cc1csc(-c2ccccc2Cl)n1. The van der Waals surface area contributed by atoms with Gasteiger partial charge in [-0.1, -0.05) is 29.8 Å². The van der Waals surface area contributed by atoms with Gasteiger partial charge in [-0.05, 0) is 19.9 Å². The topological polar surface area (TPSA) is 46.4 Å². The molecule has 0 aliphatic rings. The highest BCUT2D eigenvalue weighted by molar-refractivity contribution is 7.13. The highest BCUT2D eigenvalue weighted by Crippen LogP contribution is 2.29. The Bertz CT molecular complexity index is 642. The van der Waals surface area contributed by atoms with Gasteiger partial charge in [0.25, 0.3) is 5.91 Å². The number of hydrogen-bond acceptors (Lipinski definition) is 3. The van der Waals surface area contributed by atoms with Gasteiger partial charge in [0.15, 0.2) is 6.54 Å². The Labute approximate surface area is 140 Å². The first-order valence-electron chi connectivity index (χ1n) is 7.25. The number of amides is 1. The van der Waals surface area contributed by atoms with Crippen LogP contribution < -0.4 is 10.2 Å². The van der Waals surface area contributed by atoms with Crippen molar-refractivity contribution >= 4 is 28.8 Å². The van der Waals surface area contributed by atoms with E-state index in [0.717, 1.165) is 21.2 Å². The Kier molecular flexibility index (Phi) is 5.94. The van der Waals surface area contributed by atoms with E-state index in [9.17, 15) is 4.79 Å². The molecule has 0 radical (unpaired) electrons. The summed E-state index contributed by atoms with van der Waals surface area (Å²) < 4.78 is 0. The first-order chi connectivity index (χ1) is 10.5. The summed E-state index contributed by atoms with van der Waals surface area (Å²) in [6.07, 6.45) is 0. The number of carbonyl (C=O) groups excluding carboxylic acids is 1. The minimum absolute atomic E-state index is 0.0639. The number of benzene rings is 1. The maximum Gasteiger partial charge on any atom is 0.275 e. The zero-order valence-corrected chi connectivity index (χ0v) is 14.6. The molecule has 0 fully saturated rings. The summed E-state index contributed by atoms with van der Waals surface area (Å²) in [5.74, 6) is 0.0639. The van der Waals surface area contributed by atoms with Crippen molar-refractivity contribution in [2.75, 3.05) is 13.6 Å². The number of thiazole rings is 1. The van der Waals surface area contributed by atoms with E-state index in [1.165, 1.54) is 0 Å². The molecule has 22 heavy (non-hydrogen) atoms. The molecule has 0 bridgehead atoms. The fourth-order valence-corrected chi connectivity index (χ4v) is 3.31. The molecule has 1 amide bonds. The molecule has 0 spiro atoms. The van der Waals surface area contributed by atoms with Crippen molar-refractivity contribution in [3.63, 3.8) is 0 Å². The van der Waals surface area contributed by atoms with Crippen LogP contribution in [0.4, 0.5) is 0 Å². The second-order valence-corrected chi connectivity index (χ2v) is 6.92. The molecule has 0 aliphatic heterocycles. The lowest BCUT2D eigenvalue weighted by molar-refractivity contribution is -0.885. The van der Waals surface area contributed by atoms with Crippen LogP contribution in [-0.2, 0) is 11.3 Å². The highest BCUT2D eigenvalue weighted by Gasteiger charge is 2.14. The molecular weight excluding hydrogens is 318 g/mol. The van der Waals surface area contributed by atoms with Gasteiger partial charge in [0.05, 0.1) is 12.1 Å². The second-order valence-electron chi connectivity index (χ2n) is 5.66. The van der Waals surface area contributed by atoms with E-state index >= 15 is 0 Å². The number of aromatic nitrogens is 1. The zero-order valence-electron chi connectivity index (χ0n) is 13.0. The number of hydrogen-bond donors (Lipinski definition) is 2. The predicted octanol–water partition coefficient (Wildman–Crippen LogP) is 2.00. The van der Waals surface area contributed by atoms with Crippen LogP contribution >= 0.6 is 22.9 Å². The molecular formula is C16H21ClN3OS+. The van der Waals surface area contributed by atoms with Crippen molar-refractivity contribution in [2.45, 2.75) is 26.4 Å². The molecule has 0 saturated heterocycles. The van der Waals surface area contributed by atoms with Crippen molar-refractivity contribution in [2.24, 2.45) is 0 Å². The van der Waals surface area contributed by atoms with Gasteiger partial charge in [0, 0.05) is 17.0 Å². The fourth-order valence-electron chi connectivity index (χ4n) is 2.17. The van der Waals surface area contributed by atoms with E-state index in [-0.39, 0.29) is 11.9 Å². The lowest BCUT2D eigenvalue weighted by Crippen LogP contribution is -3.09. The van der Waals surface area contributed by atoms with Crippen molar-refractivity contribution in [3.8, 4) is 10.6 Å². The van der Waals surface area contributed by atoms with Crippen LogP contribution in [0.25, 0.3) is 10.6 Å². The molecule has 0 aliphatic carbocycles. The van der Waals surface area contributed by atoms with E-state index < -0.39 is 0 Å². The molecule has 118 valence electrons. The molecule has 6 heteroatoms. The van der Waals surface area contributed by atoms with Crippen LogP contribution in [0.3, 0.4) is 0 Å². The first kappa shape index (κ1) is 16.9. The van der Waals surface area contributed by atoms with Crippen molar-refractivity contribution in [1.82, 2.24) is 10.3 Å². The number of nitrogens with zero attached hydrogens (tertiary/aromatic N) is 1. The van der Waals surface area contributed by atoms with Gasteiger partial charge >= 0.3 is 0 Å². The third kappa shape index (κ3) is 4.80. The smallest absolute Gasteiger partial charge is 0.275 e. The summed E-state index contributed by atoms with van der Waals surface area (Å²) >= 11 is 7.78. The number of carbonyl (C=O) groups is 1. The van der Waals surface area contributed by atoms with E-state index in [0.29, 0.717) is 18.1 Å². The normalized spacial score (nSPS) is 12.4. The third-order valence-electron chi connectivity index (χ3n) is 3.05. The highest BCUT2D eigenvalue weighted by atomic mass is 35.5. The molecule has 1 heterocycles. The second kappa shape index (κ2) is 7.72. The molecule has 2 aromatic rings. The lowest BCUT2D eigenvalue weighted by atomic mass is 10.2. The summed E-state index contributed by atoms with van der Waals surface area (Å²) in [7, 11) is 1.99. The Morgan fingerprint density at radius 2 is 2.14 bits per heavy atom. The zero-order chi connectivity index (χ0) is 16.1. The monoisotopic (exact) mass is 338 g/mol. The summed E-state index contributed by atoms with van der Waals surface area (Å²) in [6, 6.07) is 7.87. The van der Waals surface area contributed by atoms with Gasteiger partial charge in [-0.2, -0.15) is 0 Å². The number of rotatable bonds is 6. The third-order valence-corrected chi connectivity index (χ3v) is 4.30. The molecule has 1 aromatic carbocycles. The van der Waals surface area contributed by atoms with Crippen LogP contribution in [-0.4, -0.2) is 30.5 Å². The number of nitrogens with one attached hydrogen (secondary N) is 2. The van der Waals surface area contributed by atoms with Gasteiger partial charge in [-0.15, -0.1) is 11.3 Å². The van der Waals surface area contributed by atoms with Gasteiger partial charge in [0.2, 0.25) is 0 Å². The molecule has 4 nitrogen and oxygen atoms in total. The molecule has 1 atom stereocenters. The minimum Gasteiger partial charge on any atom is -0.349 e. The minimum atomic E-state index is 0.0639. The molecule has 1 aromatic heterocycles. The fraction of sp³-hybridized carbons (Fsp3) is 0.375. The summed E-state index contributed by atoms with van der Waals surface area (Å²) in [4.78, 5) is 17.5. The first-order valence-corrected chi connectivity index (χ1v) is 8.51. The molecule has 0 saturated carbocycles. The Morgan fingerprint density at radius 1 is 1.41 bits per heavy atom. The van der Waals surface area contributed by atoms with E-state index in [1.807, 2.05) is 50.5 Å². The number of quaternary nitrogens is 1. The van der Waals surface area contributed by atoms with E-state index in [4.69, 9.17) is 11.6 Å². The summed E-state index contributed by atoms with van der Waals surface area (Å²) in [5, 5.41) is 6.56. The average molecular weight is 339 g/mol. The largest absolute Gasteiger partial charge is 0.349 e. The number of likely N-dealkylation sites (N-methyl/N-ethyl adjacent to an activating group) is 1. The lowest BCUT2D eigenvalue weighted by Gasteiger charge is -2.13. The van der Waals surface area contributed by atoms with Gasteiger partial charge < -0.3 is 10.2 Å². The standard InChI is InChI=1S/C16H20ClN3OS/c1-11(2)18-15(21)9-20(3)8-12-10-22-16(19-12)13-6-4-5-7-14(13)17/h4-7,10-11H,8-9H2,1-3H3,(H,18,21)/p+1. The van der Waals surface area contributed by atoms with Gasteiger partial charge in [0.1, 0.15) is 17.2 Å². The summed E-state index contributed by atoms with van der Waals surface area (Å²) in [5.41, 5.74) is 1.94. The van der Waals surface area contributed by atoms with Crippen molar-refractivity contribution in [3.05, 3.63) is 40.4 Å². The van der Waals surface area contributed by atoms with Gasteiger partial charge in [-0.3, -0.25) is 4.79 Å². The maximum absolute atomic E-state index is 11.8. The Morgan fingerprint density at radius 3 is 2.82 bits per heavy atom. The van der Waals surface area contributed by atoms with Crippen LogP contribution in [0, 0.1) is 0 Å². The quantitative estimate of drug-likeness (QED) is 0.846. The average Bonchev–Trinajstić information content (AvgIpc) is 2.86. The number of halogens is 1. The molecule has 1 unspecified atom stereocenters. The van der Waals surface area contributed by atoms with Gasteiger partial charge in [-0.25, -0.2) is 4.98 Å². The Balaban J connectivity index is 1.97. The van der Waals surface area contributed by atoms with Crippen LogP contribution in [0.2, 0.25) is 5.02 Å². The Hall–Kier alpha value is -1.43. The van der Waals surface area contributed by atoms with E-state index in [2.05, 4.69) is 10.3 Å².